The maximum absolute atomic E-state index is 13.0. The zero-order chi connectivity index (χ0) is 14.9. The third kappa shape index (κ3) is 3.18. The van der Waals surface area contributed by atoms with E-state index in [0.717, 1.165) is 31.2 Å². The highest BCUT2D eigenvalue weighted by Gasteiger charge is 2.45. The lowest BCUT2D eigenvalue weighted by Gasteiger charge is -2.18. The Bertz CT molecular complexity index is 522. The van der Waals surface area contributed by atoms with Crippen molar-refractivity contribution >= 4 is 6.03 Å². The van der Waals surface area contributed by atoms with E-state index in [0.29, 0.717) is 13.1 Å². The molecule has 1 aromatic carbocycles. The van der Waals surface area contributed by atoms with Gasteiger partial charge in [0.05, 0.1) is 6.61 Å². The third-order valence-electron chi connectivity index (χ3n) is 4.81. The summed E-state index contributed by atoms with van der Waals surface area (Å²) in [5, 5.41) is 14.9. The molecule has 5 heteroatoms. The second kappa shape index (κ2) is 5.30. The molecule has 2 aliphatic carbocycles. The Hall–Kier alpha value is -1.62. The number of halogens is 1. The van der Waals surface area contributed by atoms with Crippen LogP contribution in [0, 0.1) is 11.2 Å². The van der Waals surface area contributed by atoms with Crippen LogP contribution in [-0.4, -0.2) is 30.8 Å². The molecule has 3 N–H and O–H groups in total. The van der Waals surface area contributed by atoms with Crippen LogP contribution in [0.2, 0.25) is 0 Å². The highest BCUT2D eigenvalue weighted by atomic mass is 19.1. The van der Waals surface area contributed by atoms with E-state index < -0.39 is 0 Å². The van der Waals surface area contributed by atoms with Gasteiger partial charge in [-0.05, 0) is 43.4 Å². The Morgan fingerprint density at radius 2 is 1.71 bits per heavy atom. The molecule has 114 valence electrons. The van der Waals surface area contributed by atoms with Gasteiger partial charge in [-0.1, -0.05) is 12.1 Å². The van der Waals surface area contributed by atoms with Crippen LogP contribution >= 0.6 is 0 Å². The molecule has 2 saturated carbocycles. The van der Waals surface area contributed by atoms with Gasteiger partial charge in [0.1, 0.15) is 5.82 Å². The van der Waals surface area contributed by atoms with Crippen molar-refractivity contribution in [1.82, 2.24) is 10.6 Å². The fourth-order valence-corrected chi connectivity index (χ4v) is 2.67. The maximum Gasteiger partial charge on any atom is 0.314 e. The van der Waals surface area contributed by atoms with Crippen LogP contribution < -0.4 is 10.6 Å². The van der Waals surface area contributed by atoms with Crippen molar-refractivity contribution in [1.29, 1.82) is 0 Å². The van der Waals surface area contributed by atoms with E-state index >= 15 is 0 Å². The molecular weight excluding hydrogens is 271 g/mol. The van der Waals surface area contributed by atoms with Crippen LogP contribution in [-0.2, 0) is 5.41 Å². The maximum atomic E-state index is 13.0. The van der Waals surface area contributed by atoms with E-state index in [1.807, 2.05) is 0 Å². The summed E-state index contributed by atoms with van der Waals surface area (Å²) < 4.78 is 13.0. The van der Waals surface area contributed by atoms with E-state index in [-0.39, 0.29) is 29.3 Å². The summed E-state index contributed by atoms with van der Waals surface area (Å²) in [4.78, 5) is 11.8. The van der Waals surface area contributed by atoms with Crippen molar-refractivity contribution < 1.29 is 14.3 Å². The average Bonchev–Trinajstić information content (AvgIpc) is 3.40. The van der Waals surface area contributed by atoms with E-state index in [2.05, 4.69) is 10.6 Å². The molecule has 0 atom stereocenters. The van der Waals surface area contributed by atoms with E-state index in [9.17, 15) is 14.3 Å². The predicted octanol–water partition coefficient (Wildman–Crippen LogP) is 1.93. The molecule has 0 aliphatic heterocycles. The number of aliphatic hydroxyl groups is 1. The first-order valence-corrected chi connectivity index (χ1v) is 7.46. The molecule has 21 heavy (non-hydrogen) atoms. The number of carbonyl (C=O) groups is 1. The van der Waals surface area contributed by atoms with Gasteiger partial charge in [-0.15, -0.1) is 0 Å². The first kappa shape index (κ1) is 14.3. The first-order chi connectivity index (χ1) is 10.1. The quantitative estimate of drug-likeness (QED) is 0.750. The molecule has 0 aromatic heterocycles. The molecule has 0 spiro atoms. The number of rotatable bonds is 6. The first-order valence-electron chi connectivity index (χ1n) is 7.46. The number of carbonyl (C=O) groups excluding carboxylic acids is 1. The number of hydrogen-bond donors (Lipinski definition) is 3. The van der Waals surface area contributed by atoms with Crippen molar-refractivity contribution in [2.45, 2.75) is 31.1 Å². The zero-order valence-corrected chi connectivity index (χ0v) is 12.0. The summed E-state index contributed by atoms with van der Waals surface area (Å²) in [7, 11) is 0. The predicted molar refractivity (Wildman–Crippen MR) is 77.5 cm³/mol. The summed E-state index contributed by atoms with van der Waals surface area (Å²) in [6, 6.07) is 6.34. The number of benzene rings is 1. The van der Waals surface area contributed by atoms with Crippen LogP contribution in [0.3, 0.4) is 0 Å². The highest BCUT2D eigenvalue weighted by molar-refractivity contribution is 5.74. The topological polar surface area (TPSA) is 61.4 Å². The summed E-state index contributed by atoms with van der Waals surface area (Å²) in [5.41, 5.74) is 0.975. The largest absolute Gasteiger partial charge is 0.396 e. The van der Waals surface area contributed by atoms with Gasteiger partial charge in [0.25, 0.3) is 0 Å². The third-order valence-corrected chi connectivity index (χ3v) is 4.81. The van der Waals surface area contributed by atoms with Gasteiger partial charge in [-0.25, -0.2) is 9.18 Å². The molecule has 2 fully saturated rings. The van der Waals surface area contributed by atoms with Crippen LogP contribution in [0.4, 0.5) is 9.18 Å². The van der Waals surface area contributed by atoms with Gasteiger partial charge in [-0.2, -0.15) is 0 Å². The number of nitrogens with one attached hydrogen (secondary N) is 2. The zero-order valence-electron chi connectivity index (χ0n) is 12.0. The molecule has 0 radical (unpaired) electrons. The van der Waals surface area contributed by atoms with Crippen LogP contribution in [0.5, 0.6) is 0 Å². The molecule has 0 heterocycles. The second-order valence-electron chi connectivity index (χ2n) is 6.48. The van der Waals surface area contributed by atoms with Crippen molar-refractivity contribution in [2.24, 2.45) is 5.41 Å². The second-order valence-corrected chi connectivity index (χ2v) is 6.48. The highest BCUT2D eigenvalue weighted by Crippen LogP contribution is 2.47. The van der Waals surface area contributed by atoms with E-state index in [4.69, 9.17) is 0 Å². The van der Waals surface area contributed by atoms with Gasteiger partial charge >= 0.3 is 6.03 Å². The van der Waals surface area contributed by atoms with Crippen molar-refractivity contribution in [3.8, 4) is 0 Å². The molecule has 2 aliphatic rings. The summed E-state index contributed by atoms with van der Waals surface area (Å²) in [5.74, 6) is -0.237. The number of aliphatic hydroxyl groups excluding tert-OH is 1. The van der Waals surface area contributed by atoms with Crippen molar-refractivity contribution in [3.05, 3.63) is 35.6 Å². The minimum Gasteiger partial charge on any atom is -0.396 e. The summed E-state index contributed by atoms with van der Waals surface area (Å²) in [6.45, 7) is 1.22. The van der Waals surface area contributed by atoms with Crippen molar-refractivity contribution in [3.63, 3.8) is 0 Å². The molecular formula is C16H21FN2O2. The smallest absolute Gasteiger partial charge is 0.314 e. The lowest BCUT2D eigenvalue weighted by atomic mass is 9.96. The van der Waals surface area contributed by atoms with Gasteiger partial charge in [-0.3, -0.25) is 0 Å². The normalized spacial score (nSPS) is 20.7. The summed E-state index contributed by atoms with van der Waals surface area (Å²) in [6.07, 6.45) is 3.98. The minimum absolute atomic E-state index is 0.0285. The average molecular weight is 292 g/mol. The fourth-order valence-electron chi connectivity index (χ4n) is 2.67. The standard InChI is InChI=1S/C16H21FN2O2/c17-13-3-1-12(2-4-13)16(7-8-16)10-19-14(21)18-9-15(11-20)5-6-15/h1-4,20H,5-11H2,(H2,18,19,21). The lowest BCUT2D eigenvalue weighted by Crippen LogP contribution is -2.42. The van der Waals surface area contributed by atoms with Gasteiger partial charge in [0.2, 0.25) is 0 Å². The van der Waals surface area contributed by atoms with Gasteiger partial charge < -0.3 is 15.7 Å². The Kier molecular flexibility index (Phi) is 3.61. The lowest BCUT2D eigenvalue weighted by molar-refractivity contribution is 0.203. The van der Waals surface area contributed by atoms with E-state index in [1.165, 1.54) is 12.1 Å². The van der Waals surface area contributed by atoms with E-state index in [1.54, 1.807) is 12.1 Å². The molecule has 0 unspecified atom stereocenters. The van der Waals surface area contributed by atoms with Gasteiger partial charge in [0.15, 0.2) is 0 Å². The number of urea groups is 1. The summed E-state index contributed by atoms with van der Waals surface area (Å²) >= 11 is 0. The molecule has 2 amide bonds. The molecule has 3 rings (SSSR count). The Morgan fingerprint density at radius 1 is 1.10 bits per heavy atom. The minimum atomic E-state index is -0.237. The Balaban J connectivity index is 1.48. The number of hydrogen-bond acceptors (Lipinski definition) is 2. The molecule has 4 nitrogen and oxygen atoms in total. The Labute approximate surface area is 123 Å². The molecule has 0 saturated heterocycles. The molecule has 1 aromatic rings. The Morgan fingerprint density at radius 3 is 2.24 bits per heavy atom. The fraction of sp³-hybridized carbons (Fsp3) is 0.562. The molecule has 0 bridgehead atoms. The van der Waals surface area contributed by atoms with Crippen LogP contribution in [0.15, 0.2) is 24.3 Å². The van der Waals surface area contributed by atoms with Crippen LogP contribution in [0.25, 0.3) is 0 Å². The monoisotopic (exact) mass is 292 g/mol. The van der Waals surface area contributed by atoms with Crippen molar-refractivity contribution in [2.75, 3.05) is 19.7 Å². The SMILES string of the molecule is O=C(NCC1(CO)CC1)NCC1(c2ccc(F)cc2)CC1. The van der Waals surface area contributed by atoms with Gasteiger partial charge in [0, 0.05) is 23.9 Å². The number of amides is 2. The van der Waals surface area contributed by atoms with Crippen LogP contribution in [0.1, 0.15) is 31.2 Å².